The number of esters is 4. The van der Waals surface area contributed by atoms with Gasteiger partial charge in [0, 0.05) is 33.9 Å². The smallest absolute Gasteiger partial charge is 0.338 e. The molecule has 0 radical (unpaired) electrons. The predicted octanol–water partition coefficient (Wildman–Crippen LogP) is 7.45. The fourth-order valence-electron chi connectivity index (χ4n) is 3.49. The SMILES string of the molecule is C=C(C)C(=O)Oc1ccc(/C=C/c2cc(OC(=O)/C=C/C)c(-c3ccc(OC(=O)C(=C)C)cc3)cc2OC(=O)C(=C)C)cc1. The van der Waals surface area contributed by atoms with Crippen LogP contribution in [0.15, 0.2) is 109 Å². The summed E-state index contributed by atoms with van der Waals surface area (Å²) in [5.41, 5.74) is 2.92. The van der Waals surface area contributed by atoms with Gasteiger partial charge in [0.25, 0.3) is 0 Å². The second kappa shape index (κ2) is 14.9. The van der Waals surface area contributed by atoms with Crippen LogP contribution in [0.2, 0.25) is 0 Å². The van der Waals surface area contributed by atoms with E-state index in [4.69, 9.17) is 18.9 Å². The molecule has 0 fully saturated rings. The highest BCUT2D eigenvalue weighted by molar-refractivity contribution is 5.92. The van der Waals surface area contributed by atoms with Crippen molar-refractivity contribution < 1.29 is 38.1 Å². The number of ether oxygens (including phenoxy) is 4. The van der Waals surface area contributed by atoms with Gasteiger partial charge in [-0.15, -0.1) is 0 Å². The Labute approximate surface area is 256 Å². The summed E-state index contributed by atoms with van der Waals surface area (Å²) < 4.78 is 21.8. The molecule has 224 valence electrons. The van der Waals surface area contributed by atoms with Gasteiger partial charge in [-0.1, -0.05) is 62.2 Å². The predicted molar refractivity (Wildman–Crippen MR) is 169 cm³/mol. The zero-order valence-corrected chi connectivity index (χ0v) is 25.0. The van der Waals surface area contributed by atoms with E-state index in [0.29, 0.717) is 28.2 Å². The first kappa shape index (κ1) is 32.8. The van der Waals surface area contributed by atoms with Gasteiger partial charge in [0.2, 0.25) is 0 Å². The summed E-state index contributed by atoms with van der Waals surface area (Å²) in [6, 6.07) is 16.4. The lowest BCUT2D eigenvalue weighted by atomic mass is 10.0. The van der Waals surface area contributed by atoms with Crippen molar-refractivity contribution in [1.29, 1.82) is 0 Å². The summed E-state index contributed by atoms with van der Waals surface area (Å²) in [7, 11) is 0. The first-order valence-corrected chi connectivity index (χ1v) is 13.4. The molecule has 0 spiro atoms. The van der Waals surface area contributed by atoms with Crippen LogP contribution in [-0.4, -0.2) is 23.9 Å². The zero-order valence-electron chi connectivity index (χ0n) is 25.0. The highest BCUT2D eigenvalue weighted by atomic mass is 16.5. The number of rotatable bonds is 11. The number of benzene rings is 3. The molecule has 0 atom stereocenters. The molecular formula is C36H32O8. The van der Waals surface area contributed by atoms with Crippen LogP contribution in [-0.2, 0) is 19.2 Å². The molecule has 0 heterocycles. The lowest BCUT2D eigenvalue weighted by Crippen LogP contribution is -2.10. The molecular weight excluding hydrogens is 560 g/mol. The molecule has 8 nitrogen and oxygen atoms in total. The number of hydrogen-bond donors (Lipinski definition) is 0. The molecule has 0 amide bonds. The topological polar surface area (TPSA) is 105 Å². The van der Waals surface area contributed by atoms with Crippen LogP contribution < -0.4 is 18.9 Å². The Kier molecular flexibility index (Phi) is 11.1. The summed E-state index contributed by atoms with van der Waals surface area (Å²) >= 11 is 0. The van der Waals surface area contributed by atoms with E-state index in [2.05, 4.69) is 19.7 Å². The molecule has 0 N–H and O–H groups in total. The highest BCUT2D eigenvalue weighted by Gasteiger charge is 2.18. The van der Waals surface area contributed by atoms with E-state index in [1.807, 2.05) is 0 Å². The van der Waals surface area contributed by atoms with Crippen LogP contribution in [0, 0.1) is 0 Å². The van der Waals surface area contributed by atoms with Crippen LogP contribution >= 0.6 is 0 Å². The fraction of sp³-hybridized carbons (Fsp3) is 0.111. The second-order valence-corrected chi connectivity index (χ2v) is 9.74. The van der Waals surface area contributed by atoms with Gasteiger partial charge in [-0.2, -0.15) is 0 Å². The molecule has 0 aromatic heterocycles. The van der Waals surface area contributed by atoms with Crippen molar-refractivity contribution in [2.45, 2.75) is 27.7 Å². The lowest BCUT2D eigenvalue weighted by molar-refractivity contribution is -0.131. The van der Waals surface area contributed by atoms with Gasteiger partial charge in [-0.05, 0) is 75.2 Å². The van der Waals surface area contributed by atoms with E-state index in [-0.39, 0.29) is 28.2 Å². The maximum atomic E-state index is 12.6. The molecule has 3 aromatic rings. The van der Waals surface area contributed by atoms with E-state index in [9.17, 15) is 19.2 Å². The monoisotopic (exact) mass is 592 g/mol. The molecule has 0 aliphatic rings. The molecule has 0 aliphatic carbocycles. The number of allylic oxidation sites excluding steroid dienone is 1. The van der Waals surface area contributed by atoms with Crippen molar-refractivity contribution in [3.8, 4) is 34.1 Å². The third-order valence-corrected chi connectivity index (χ3v) is 5.80. The maximum absolute atomic E-state index is 12.6. The highest BCUT2D eigenvalue weighted by Crippen LogP contribution is 2.38. The third-order valence-electron chi connectivity index (χ3n) is 5.80. The minimum absolute atomic E-state index is 0.180. The average molecular weight is 593 g/mol. The van der Waals surface area contributed by atoms with Crippen LogP contribution in [0.5, 0.6) is 23.0 Å². The van der Waals surface area contributed by atoms with Gasteiger partial charge < -0.3 is 18.9 Å². The second-order valence-electron chi connectivity index (χ2n) is 9.74. The van der Waals surface area contributed by atoms with Gasteiger partial charge in [0.1, 0.15) is 23.0 Å². The molecule has 3 rings (SSSR count). The van der Waals surface area contributed by atoms with Gasteiger partial charge in [0.15, 0.2) is 0 Å². The maximum Gasteiger partial charge on any atom is 0.338 e. The van der Waals surface area contributed by atoms with E-state index in [1.165, 1.54) is 13.0 Å². The fourth-order valence-corrected chi connectivity index (χ4v) is 3.49. The molecule has 8 heteroatoms. The summed E-state index contributed by atoms with van der Waals surface area (Å²) in [5.74, 6) is -1.32. The summed E-state index contributed by atoms with van der Waals surface area (Å²) in [4.78, 5) is 48.8. The van der Waals surface area contributed by atoms with E-state index >= 15 is 0 Å². The quantitative estimate of drug-likeness (QED) is 0.0979. The molecule has 3 aromatic carbocycles. The van der Waals surface area contributed by atoms with Gasteiger partial charge in [-0.25, -0.2) is 19.2 Å². The van der Waals surface area contributed by atoms with Crippen molar-refractivity contribution >= 4 is 36.0 Å². The zero-order chi connectivity index (χ0) is 32.4. The van der Waals surface area contributed by atoms with Crippen molar-refractivity contribution in [1.82, 2.24) is 0 Å². The Balaban J connectivity index is 2.08. The Bertz CT molecular complexity index is 1690. The molecule has 0 saturated heterocycles. The first-order chi connectivity index (χ1) is 20.9. The standard InChI is InChI=1S/C36H32O8/c1-8-9-33(37)43-32-20-27(13-10-25-11-16-28(17-12-25)41-34(38)22(2)3)31(44-36(40)24(6)7)21-30(32)26-14-18-29(19-15-26)42-35(39)23(4)5/h8-21H,2,4,6H2,1,3,5,7H3/b9-8+,13-10+. The van der Waals surface area contributed by atoms with E-state index in [0.717, 1.165) is 5.56 Å². The van der Waals surface area contributed by atoms with Crippen molar-refractivity contribution in [2.24, 2.45) is 0 Å². The molecule has 0 saturated carbocycles. The van der Waals surface area contributed by atoms with Crippen LogP contribution in [0.3, 0.4) is 0 Å². The minimum Gasteiger partial charge on any atom is -0.423 e. The van der Waals surface area contributed by atoms with Crippen molar-refractivity contribution in [3.05, 3.63) is 120 Å². The van der Waals surface area contributed by atoms with E-state index in [1.54, 1.807) is 99.7 Å². The lowest BCUT2D eigenvalue weighted by Gasteiger charge is -2.15. The van der Waals surface area contributed by atoms with Gasteiger partial charge in [0.05, 0.1) is 0 Å². The van der Waals surface area contributed by atoms with Crippen LogP contribution in [0.1, 0.15) is 38.8 Å². The summed E-state index contributed by atoms with van der Waals surface area (Å²) in [6.45, 7) is 17.1. The van der Waals surface area contributed by atoms with E-state index < -0.39 is 23.9 Å². The Hall–Kier alpha value is -5.76. The molecule has 0 bridgehead atoms. The average Bonchev–Trinajstić information content (AvgIpc) is 2.98. The normalized spacial score (nSPS) is 10.7. The van der Waals surface area contributed by atoms with Gasteiger partial charge >= 0.3 is 23.9 Å². The first-order valence-electron chi connectivity index (χ1n) is 13.4. The third kappa shape index (κ3) is 9.12. The number of hydrogen-bond acceptors (Lipinski definition) is 8. The summed E-state index contributed by atoms with van der Waals surface area (Å²) in [6.07, 6.45) is 6.26. The Morgan fingerprint density at radius 2 is 1.11 bits per heavy atom. The number of carbonyl (C=O) groups excluding carboxylic acids is 4. The summed E-state index contributed by atoms with van der Waals surface area (Å²) in [5, 5.41) is 0. The van der Waals surface area contributed by atoms with Crippen LogP contribution in [0.4, 0.5) is 0 Å². The van der Waals surface area contributed by atoms with Crippen molar-refractivity contribution in [3.63, 3.8) is 0 Å². The van der Waals surface area contributed by atoms with Crippen LogP contribution in [0.25, 0.3) is 23.3 Å². The Morgan fingerprint density at radius 3 is 1.61 bits per heavy atom. The molecule has 0 aliphatic heterocycles. The number of carbonyl (C=O) groups is 4. The minimum atomic E-state index is -0.644. The Morgan fingerprint density at radius 1 is 0.614 bits per heavy atom. The van der Waals surface area contributed by atoms with Gasteiger partial charge in [-0.3, -0.25) is 0 Å². The molecule has 0 unspecified atom stereocenters. The molecule has 44 heavy (non-hydrogen) atoms. The largest absolute Gasteiger partial charge is 0.423 e. The van der Waals surface area contributed by atoms with Crippen molar-refractivity contribution in [2.75, 3.05) is 0 Å².